The summed E-state index contributed by atoms with van der Waals surface area (Å²) in [4.78, 5) is 0. The van der Waals surface area contributed by atoms with E-state index in [0.717, 1.165) is 0 Å². The summed E-state index contributed by atoms with van der Waals surface area (Å²) in [5.74, 6) is -0.398. The Kier molecular flexibility index (Phi) is 2.07. The molecule has 0 heterocycles. The molecule has 0 saturated carbocycles. The molecule has 0 atom stereocenters. The van der Waals surface area contributed by atoms with Crippen LogP contribution in [0.15, 0.2) is 18.2 Å². The number of nitrogens with two attached hydrogens (primary N) is 1. The molecule has 0 aliphatic heterocycles. The van der Waals surface area contributed by atoms with Crippen molar-refractivity contribution in [1.29, 1.82) is 0 Å². The van der Waals surface area contributed by atoms with E-state index in [4.69, 9.17) is 13.6 Å². The van der Waals surface area contributed by atoms with Gasteiger partial charge >= 0.3 is 0 Å². The van der Waals surface area contributed by atoms with Gasteiger partial charge in [0, 0.05) is 12.1 Å². The van der Waals surface area contributed by atoms with E-state index < -0.39 is 5.82 Å². The van der Waals surface area contributed by atoms with Crippen molar-refractivity contribution in [3.05, 3.63) is 29.6 Å². The molecule has 0 saturated heterocycles. The minimum atomic E-state index is -0.398. The average Bonchev–Trinajstić information content (AvgIpc) is 1.95. The van der Waals surface area contributed by atoms with Gasteiger partial charge in [0.25, 0.3) is 0 Å². The van der Waals surface area contributed by atoms with Gasteiger partial charge in [-0.15, -0.1) is 0 Å². The van der Waals surface area contributed by atoms with Gasteiger partial charge < -0.3 is 5.73 Å². The van der Waals surface area contributed by atoms with Crippen molar-refractivity contribution in [3.63, 3.8) is 0 Å². The quantitative estimate of drug-likeness (QED) is 0.542. The molecule has 1 aromatic carbocycles. The van der Waals surface area contributed by atoms with Gasteiger partial charge in [-0.1, -0.05) is 23.7 Å². The Morgan fingerprint density at radius 3 is 2.70 bits per heavy atom. The summed E-state index contributed by atoms with van der Waals surface area (Å²) in [7, 11) is 5.27. The van der Waals surface area contributed by atoms with Crippen molar-refractivity contribution in [1.82, 2.24) is 0 Å². The number of hydrogen-bond acceptors (Lipinski definition) is 1. The van der Waals surface area contributed by atoms with Crippen molar-refractivity contribution >= 4 is 13.3 Å². The van der Waals surface area contributed by atoms with E-state index in [1.807, 2.05) is 0 Å². The standard InChI is InChI=1S/C7H7BFN/c8-6-3-1-2-5(4-10)7(6)9/h1-3H,4,10H2. The van der Waals surface area contributed by atoms with E-state index >= 15 is 0 Å². The topological polar surface area (TPSA) is 26.0 Å². The zero-order valence-electron chi connectivity index (χ0n) is 5.47. The fourth-order valence-electron chi connectivity index (χ4n) is 0.757. The first kappa shape index (κ1) is 7.28. The third kappa shape index (κ3) is 1.19. The van der Waals surface area contributed by atoms with Gasteiger partial charge in [-0.2, -0.15) is 0 Å². The second-order valence-electron chi connectivity index (χ2n) is 2.02. The predicted octanol–water partition coefficient (Wildman–Crippen LogP) is 0.0782. The second kappa shape index (κ2) is 2.84. The van der Waals surface area contributed by atoms with Gasteiger partial charge in [-0.3, -0.25) is 0 Å². The Labute approximate surface area is 60.5 Å². The summed E-state index contributed by atoms with van der Waals surface area (Å²) >= 11 is 0. The van der Waals surface area contributed by atoms with Crippen molar-refractivity contribution in [2.24, 2.45) is 5.73 Å². The summed E-state index contributed by atoms with van der Waals surface area (Å²) in [5, 5.41) is 0. The first-order chi connectivity index (χ1) is 4.75. The molecule has 2 N–H and O–H groups in total. The molecule has 0 fully saturated rings. The van der Waals surface area contributed by atoms with Crippen LogP contribution < -0.4 is 11.2 Å². The lowest BCUT2D eigenvalue weighted by molar-refractivity contribution is 0.619. The van der Waals surface area contributed by atoms with Gasteiger partial charge in [0.15, 0.2) is 0 Å². The van der Waals surface area contributed by atoms with E-state index in [0.29, 0.717) is 5.56 Å². The number of benzene rings is 1. The first-order valence-corrected chi connectivity index (χ1v) is 2.98. The van der Waals surface area contributed by atoms with Gasteiger partial charge in [-0.05, 0) is 0 Å². The highest BCUT2D eigenvalue weighted by atomic mass is 19.1. The third-order valence-corrected chi connectivity index (χ3v) is 1.33. The molecule has 0 aliphatic carbocycles. The lowest BCUT2D eigenvalue weighted by Gasteiger charge is -2.00. The SMILES string of the molecule is [B]c1cccc(CN)c1F. The molecule has 0 amide bonds. The van der Waals surface area contributed by atoms with Crippen LogP contribution in [0.4, 0.5) is 4.39 Å². The fraction of sp³-hybridized carbons (Fsp3) is 0.143. The normalized spacial score (nSPS) is 9.80. The summed E-state index contributed by atoms with van der Waals surface area (Å²) < 4.78 is 12.8. The molecule has 1 nitrogen and oxygen atoms in total. The van der Waals surface area contributed by atoms with E-state index in [9.17, 15) is 4.39 Å². The van der Waals surface area contributed by atoms with Gasteiger partial charge in [0.05, 0.1) is 0 Å². The highest BCUT2D eigenvalue weighted by Crippen LogP contribution is 2.01. The summed E-state index contributed by atoms with van der Waals surface area (Å²) in [6.45, 7) is 0.191. The number of hydrogen-bond donors (Lipinski definition) is 1. The fourth-order valence-corrected chi connectivity index (χ4v) is 0.757. The Morgan fingerprint density at radius 2 is 2.20 bits per heavy atom. The molecule has 0 unspecified atom stereocenters. The van der Waals surface area contributed by atoms with Crippen LogP contribution in [0.1, 0.15) is 5.56 Å². The molecule has 0 spiro atoms. The Hall–Kier alpha value is -0.825. The van der Waals surface area contributed by atoms with Crippen molar-refractivity contribution in [2.75, 3.05) is 0 Å². The molecule has 1 rings (SSSR count). The zero-order valence-corrected chi connectivity index (χ0v) is 5.47. The molecule has 0 aliphatic rings. The minimum Gasteiger partial charge on any atom is -0.326 e. The van der Waals surface area contributed by atoms with Crippen LogP contribution in [0, 0.1) is 5.82 Å². The maximum absolute atomic E-state index is 12.8. The van der Waals surface area contributed by atoms with Crippen LogP contribution >= 0.6 is 0 Å². The van der Waals surface area contributed by atoms with E-state index in [1.54, 1.807) is 12.1 Å². The highest BCUT2D eigenvalue weighted by molar-refractivity contribution is 6.32. The second-order valence-corrected chi connectivity index (χ2v) is 2.02. The largest absolute Gasteiger partial charge is 0.326 e. The molecule has 1 aromatic rings. The summed E-state index contributed by atoms with van der Waals surface area (Å²) in [6, 6.07) is 4.81. The molecule has 50 valence electrons. The van der Waals surface area contributed by atoms with Crippen molar-refractivity contribution in [3.8, 4) is 0 Å². The number of halogens is 1. The predicted molar refractivity (Wildman–Crippen MR) is 39.7 cm³/mol. The first-order valence-electron chi connectivity index (χ1n) is 2.98. The molecule has 2 radical (unpaired) electrons. The monoisotopic (exact) mass is 135 g/mol. The Bertz CT molecular complexity index is 237. The Morgan fingerprint density at radius 1 is 1.50 bits per heavy atom. The molecule has 3 heteroatoms. The smallest absolute Gasteiger partial charge is 0.120 e. The molecule has 0 bridgehead atoms. The van der Waals surface area contributed by atoms with Gasteiger partial charge in [0.1, 0.15) is 13.7 Å². The lowest BCUT2D eigenvalue weighted by atomic mass is 9.93. The molecular weight excluding hydrogens is 128 g/mol. The van der Waals surface area contributed by atoms with Crippen LogP contribution in [0.5, 0.6) is 0 Å². The zero-order chi connectivity index (χ0) is 7.56. The van der Waals surface area contributed by atoms with E-state index in [2.05, 4.69) is 0 Å². The maximum atomic E-state index is 12.8. The minimum absolute atomic E-state index is 0.156. The lowest BCUT2D eigenvalue weighted by Crippen LogP contribution is -2.12. The molecule has 10 heavy (non-hydrogen) atoms. The number of rotatable bonds is 1. The van der Waals surface area contributed by atoms with Crippen LogP contribution in [-0.2, 0) is 6.54 Å². The summed E-state index contributed by atoms with van der Waals surface area (Å²) in [6.07, 6.45) is 0. The maximum Gasteiger partial charge on any atom is 0.120 e. The highest BCUT2D eigenvalue weighted by Gasteiger charge is 1.99. The van der Waals surface area contributed by atoms with Crippen LogP contribution in [0.3, 0.4) is 0 Å². The molecule has 0 aromatic heterocycles. The van der Waals surface area contributed by atoms with Crippen LogP contribution in [0.2, 0.25) is 0 Å². The third-order valence-electron chi connectivity index (χ3n) is 1.33. The van der Waals surface area contributed by atoms with Crippen LogP contribution in [-0.4, -0.2) is 7.85 Å². The molecular formula is C7H7BFN. The van der Waals surface area contributed by atoms with Crippen molar-refractivity contribution < 1.29 is 4.39 Å². The van der Waals surface area contributed by atoms with Gasteiger partial charge in [0.2, 0.25) is 0 Å². The van der Waals surface area contributed by atoms with Crippen molar-refractivity contribution in [2.45, 2.75) is 6.54 Å². The van der Waals surface area contributed by atoms with Gasteiger partial charge in [-0.25, -0.2) is 4.39 Å². The Balaban J connectivity index is 3.14. The van der Waals surface area contributed by atoms with E-state index in [-0.39, 0.29) is 12.0 Å². The average molecular weight is 135 g/mol. The van der Waals surface area contributed by atoms with E-state index in [1.165, 1.54) is 6.07 Å². The summed E-state index contributed by atoms with van der Waals surface area (Å²) in [5.41, 5.74) is 5.84. The van der Waals surface area contributed by atoms with Crippen LogP contribution in [0.25, 0.3) is 0 Å².